The van der Waals surface area contributed by atoms with Gasteiger partial charge in [0.15, 0.2) is 0 Å². The number of rotatable bonds is 5. The Morgan fingerprint density at radius 1 is 1.29 bits per heavy atom. The van der Waals surface area contributed by atoms with Gasteiger partial charge in [-0.2, -0.15) is 4.36 Å². The van der Waals surface area contributed by atoms with Gasteiger partial charge in [-0.3, -0.25) is 14.6 Å². The van der Waals surface area contributed by atoms with Gasteiger partial charge in [0.1, 0.15) is 5.25 Å². The van der Waals surface area contributed by atoms with Crippen LogP contribution in [0.5, 0.6) is 0 Å². The molecule has 1 aromatic heterocycles. The van der Waals surface area contributed by atoms with E-state index >= 15 is 0 Å². The lowest BCUT2D eigenvalue weighted by Gasteiger charge is -2.16. The molecular weight excluding hydrogens is 396 g/mol. The molecule has 0 radical (unpaired) electrons. The summed E-state index contributed by atoms with van der Waals surface area (Å²) in [4.78, 5) is 28.1. The summed E-state index contributed by atoms with van der Waals surface area (Å²) in [6.45, 7) is 1.60. The lowest BCUT2D eigenvalue weighted by molar-refractivity contribution is -0.136. The normalized spacial score (nSPS) is 14.4. The average molecular weight is 411 g/mol. The Morgan fingerprint density at radius 2 is 1.96 bits per heavy atom. The van der Waals surface area contributed by atoms with Gasteiger partial charge in [-0.25, -0.2) is 4.21 Å². The molecule has 6 nitrogen and oxygen atoms in total. The quantitative estimate of drug-likeness (QED) is 0.814. The zero-order valence-corrected chi connectivity index (χ0v) is 15.2. The first-order valence-electron chi connectivity index (χ1n) is 7.07. The van der Waals surface area contributed by atoms with Crippen LogP contribution in [0.25, 0.3) is 0 Å². The molecule has 2 atom stereocenters. The fraction of sp³-hybridized carbons (Fsp3) is 0.188. The highest BCUT2D eigenvalue weighted by molar-refractivity contribution is 9.10. The van der Waals surface area contributed by atoms with E-state index in [0.717, 1.165) is 0 Å². The maximum atomic E-state index is 13.4. The molecule has 2 unspecified atom stereocenters. The van der Waals surface area contributed by atoms with Gasteiger partial charge < -0.3 is 5.11 Å². The molecule has 8 heteroatoms. The smallest absolute Gasteiger partial charge is 0.320 e. The third-order valence-electron chi connectivity index (χ3n) is 3.28. The molecule has 1 amide bonds. The maximum absolute atomic E-state index is 13.4. The summed E-state index contributed by atoms with van der Waals surface area (Å²) < 4.78 is 17.8. The van der Waals surface area contributed by atoms with E-state index in [-0.39, 0.29) is 16.9 Å². The monoisotopic (exact) mass is 410 g/mol. The van der Waals surface area contributed by atoms with Crippen molar-refractivity contribution in [3.05, 3.63) is 58.8 Å². The Balaban J connectivity index is 2.64. The maximum Gasteiger partial charge on any atom is 0.320 e. The second-order valence-corrected chi connectivity index (χ2v) is 8.18. The van der Waals surface area contributed by atoms with Gasteiger partial charge in [0.2, 0.25) is 0 Å². The second kappa shape index (κ2) is 7.67. The van der Waals surface area contributed by atoms with Gasteiger partial charge in [0.25, 0.3) is 5.91 Å². The lowest BCUT2D eigenvalue weighted by Crippen LogP contribution is -2.30. The summed E-state index contributed by atoms with van der Waals surface area (Å²) in [6, 6.07) is 9.50. The highest BCUT2D eigenvalue weighted by Crippen LogP contribution is 2.23. The van der Waals surface area contributed by atoms with Crippen molar-refractivity contribution >= 4 is 37.5 Å². The number of carboxylic acid groups (broad SMARTS) is 1. The largest absolute Gasteiger partial charge is 0.480 e. The molecular formula is C16H15BrN2O4S. The van der Waals surface area contributed by atoms with E-state index in [1.807, 2.05) is 0 Å². The molecule has 0 saturated carbocycles. The van der Waals surface area contributed by atoms with E-state index in [0.29, 0.717) is 4.47 Å². The van der Waals surface area contributed by atoms with Gasteiger partial charge in [-0.1, -0.05) is 25.1 Å². The number of benzene rings is 1. The van der Waals surface area contributed by atoms with Crippen molar-refractivity contribution in [1.82, 2.24) is 4.98 Å². The molecule has 2 aromatic rings. The van der Waals surface area contributed by atoms with Crippen LogP contribution in [0.4, 0.5) is 0 Å². The number of hydrogen-bond acceptors (Lipinski definition) is 4. The Labute approximate surface area is 148 Å². The predicted octanol–water partition coefficient (Wildman–Crippen LogP) is 3.37. The summed E-state index contributed by atoms with van der Waals surface area (Å²) in [6.07, 6.45) is 2.87. The summed E-state index contributed by atoms with van der Waals surface area (Å²) >= 11 is 3.20. The molecule has 0 aliphatic rings. The van der Waals surface area contributed by atoms with Crippen molar-refractivity contribution in [1.29, 1.82) is 0 Å². The minimum Gasteiger partial charge on any atom is -0.480 e. The first-order chi connectivity index (χ1) is 11.4. The third kappa shape index (κ3) is 3.88. The van der Waals surface area contributed by atoms with Crippen LogP contribution < -0.4 is 0 Å². The van der Waals surface area contributed by atoms with Crippen LogP contribution in [0.2, 0.25) is 0 Å². The first-order valence-corrected chi connectivity index (χ1v) is 9.44. The van der Waals surface area contributed by atoms with Crippen LogP contribution in [0, 0.1) is 0 Å². The molecule has 0 fully saturated rings. The van der Waals surface area contributed by atoms with Crippen molar-refractivity contribution < 1.29 is 18.9 Å². The zero-order chi connectivity index (χ0) is 17.7. The van der Waals surface area contributed by atoms with E-state index < -0.39 is 26.9 Å². The summed E-state index contributed by atoms with van der Waals surface area (Å²) in [5.41, 5.74) is 0.133. The van der Waals surface area contributed by atoms with Crippen molar-refractivity contribution in [2.75, 3.05) is 0 Å². The summed E-state index contributed by atoms with van der Waals surface area (Å²) in [7, 11) is -3.49. The van der Waals surface area contributed by atoms with Crippen molar-refractivity contribution in [3.63, 3.8) is 0 Å². The van der Waals surface area contributed by atoms with Crippen LogP contribution >= 0.6 is 15.9 Å². The van der Waals surface area contributed by atoms with Crippen LogP contribution in [0.15, 0.2) is 62.5 Å². The van der Waals surface area contributed by atoms with E-state index in [1.54, 1.807) is 25.1 Å². The molecule has 0 aliphatic heterocycles. The minimum absolute atomic E-state index is 0.0799. The van der Waals surface area contributed by atoms with Gasteiger partial charge in [-0.05, 0) is 40.5 Å². The second-order valence-electron chi connectivity index (χ2n) is 4.91. The van der Waals surface area contributed by atoms with Crippen LogP contribution in [-0.4, -0.2) is 31.4 Å². The fourth-order valence-corrected chi connectivity index (χ4v) is 4.69. The van der Waals surface area contributed by atoms with Gasteiger partial charge in [-0.15, -0.1) is 0 Å². The van der Waals surface area contributed by atoms with Crippen LogP contribution in [-0.2, 0) is 14.5 Å². The van der Waals surface area contributed by atoms with Crippen molar-refractivity contribution in [2.24, 2.45) is 4.36 Å². The van der Waals surface area contributed by atoms with Crippen LogP contribution in [0.1, 0.15) is 23.7 Å². The van der Waals surface area contributed by atoms with Crippen molar-refractivity contribution in [2.45, 2.75) is 23.5 Å². The Morgan fingerprint density at radius 3 is 2.50 bits per heavy atom. The predicted molar refractivity (Wildman–Crippen MR) is 93.3 cm³/mol. The number of carbonyl (C=O) groups is 2. The van der Waals surface area contributed by atoms with Crippen molar-refractivity contribution in [3.8, 4) is 0 Å². The molecule has 1 heterocycles. The zero-order valence-electron chi connectivity index (χ0n) is 12.8. The highest BCUT2D eigenvalue weighted by atomic mass is 79.9. The Kier molecular flexibility index (Phi) is 5.84. The van der Waals surface area contributed by atoms with E-state index in [1.165, 1.54) is 30.6 Å². The number of carbonyl (C=O) groups excluding carboxylic acids is 1. The molecule has 126 valence electrons. The Hall–Kier alpha value is -2.06. The number of aliphatic carboxylic acids is 1. The average Bonchev–Trinajstić information content (AvgIpc) is 2.55. The highest BCUT2D eigenvalue weighted by Gasteiger charge is 2.31. The number of halogens is 1. The molecule has 1 aromatic carbocycles. The van der Waals surface area contributed by atoms with Gasteiger partial charge in [0.05, 0.1) is 15.3 Å². The van der Waals surface area contributed by atoms with Gasteiger partial charge >= 0.3 is 5.97 Å². The summed E-state index contributed by atoms with van der Waals surface area (Å²) in [5.74, 6) is -2.02. The fourth-order valence-electron chi connectivity index (χ4n) is 2.14. The SMILES string of the molecule is CCC(C(=O)O)S(=O)(=NC(=O)c1cncc(Br)c1)c1ccccc1. The number of carboxylic acids is 1. The van der Waals surface area contributed by atoms with E-state index in [9.17, 15) is 18.9 Å². The standard InChI is InChI=1S/C16H15BrN2O4S/c1-2-14(16(21)22)24(23,13-6-4-3-5-7-13)19-15(20)11-8-12(17)10-18-9-11/h3-10,14H,2H2,1H3,(H,21,22). The third-order valence-corrected chi connectivity index (χ3v) is 6.41. The number of amides is 1. The molecule has 0 saturated heterocycles. The molecule has 2 rings (SSSR count). The number of aromatic nitrogens is 1. The number of pyridine rings is 1. The number of nitrogens with zero attached hydrogens (tertiary/aromatic N) is 2. The number of hydrogen-bond donors (Lipinski definition) is 1. The molecule has 1 N–H and O–H groups in total. The topological polar surface area (TPSA) is 96.7 Å². The summed E-state index contributed by atoms with van der Waals surface area (Å²) in [5, 5.41) is 8.14. The molecule has 0 spiro atoms. The van der Waals surface area contributed by atoms with Gasteiger partial charge in [0, 0.05) is 21.8 Å². The molecule has 0 bridgehead atoms. The minimum atomic E-state index is -3.49. The molecule has 24 heavy (non-hydrogen) atoms. The lowest BCUT2D eigenvalue weighted by atomic mass is 10.3. The van der Waals surface area contributed by atoms with E-state index in [4.69, 9.17) is 0 Å². The Bertz CT molecular complexity index is 877. The van der Waals surface area contributed by atoms with Crippen LogP contribution in [0.3, 0.4) is 0 Å². The van der Waals surface area contributed by atoms with E-state index in [2.05, 4.69) is 25.3 Å². The molecule has 0 aliphatic carbocycles. The first kappa shape index (κ1) is 18.3.